The summed E-state index contributed by atoms with van der Waals surface area (Å²) < 4.78 is 4.10. The molecule has 2 aromatic heterocycles. The van der Waals surface area contributed by atoms with Crippen molar-refractivity contribution in [2.24, 2.45) is 7.05 Å². The Bertz CT molecular complexity index is 1000. The molecular formula is C24H32N6O. The molecule has 4 rings (SSSR count). The van der Waals surface area contributed by atoms with Crippen molar-refractivity contribution in [3.05, 3.63) is 72.3 Å². The topological polar surface area (TPSA) is 59.2 Å². The van der Waals surface area contributed by atoms with Gasteiger partial charge in [-0.1, -0.05) is 44.2 Å². The van der Waals surface area contributed by atoms with Crippen molar-refractivity contribution >= 4 is 5.91 Å². The summed E-state index contributed by atoms with van der Waals surface area (Å²) in [6.45, 7) is 9.23. The third kappa shape index (κ3) is 4.28. The van der Waals surface area contributed by atoms with E-state index in [1.54, 1.807) is 6.20 Å². The summed E-state index contributed by atoms with van der Waals surface area (Å²) in [6, 6.07) is 10.3. The Labute approximate surface area is 184 Å². The average Bonchev–Trinajstić information content (AvgIpc) is 3.44. The molecule has 0 spiro atoms. The zero-order chi connectivity index (χ0) is 22.0. The highest BCUT2D eigenvalue weighted by Gasteiger charge is 2.32. The maximum Gasteiger partial charge on any atom is 0.245 e. The molecule has 2 atom stereocenters. The van der Waals surface area contributed by atoms with E-state index in [0.717, 1.165) is 24.7 Å². The minimum Gasteiger partial charge on any atom is -0.338 e. The molecule has 0 radical (unpaired) electrons. The molecule has 1 amide bonds. The Morgan fingerprint density at radius 2 is 1.55 bits per heavy atom. The second kappa shape index (κ2) is 9.06. The normalized spacial score (nSPS) is 17.1. The van der Waals surface area contributed by atoms with Crippen LogP contribution < -0.4 is 0 Å². The minimum absolute atomic E-state index is 0.0806. The van der Waals surface area contributed by atoms with Gasteiger partial charge < -0.3 is 14.0 Å². The van der Waals surface area contributed by atoms with Crippen molar-refractivity contribution in [2.45, 2.75) is 38.8 Å². The van der Waals surface area contributed by atoms with Crippen molar-refractivity contribution in [1.82, 2.24) is 28.9 Å². The van der Waals surface area contributed by atoms with Crippen LogP contribution in [0.2, 0.25) is 0 Å². The lowest BCUT2D eigenvalue weighted by Crippen LogP contribution is -2.51. The van der Waals surface area contributed by atoms with Gasteiger partial charge in [-0.15, -0.1) is 0 Å². The number of hydrogen-bond donors (Lipinski definition) is 0. The SMILES string of the molecule is CC(C)c1nccn1[C@H](C)C(=O)N1CCN([C@@H](c2ccccc2)c2nccn2C)CC1. The molecule has 1 aliphatic heterocycles. The lowest BCUT2D eigenvalue weighted by Gasteiger charge is -2.40. The predicted molar refractivity (Wildman–Crippen MR) is 121 cm³/mol. The standard InChI is InChI=1S/C24H32N6O/c1-18(2)22-25-11-13-30(22)19(3)24(31)29-16-14-28(15-17-29)21(20-8-6-5-7-9-20)23-26-10-12-27(23)4/h5-13,18-19,21H,14-17H2,1-4H3/t19-,21+/m1/s1. The third-order valence-electron chi connectivity index (χ3n) is 6.20. The minimum atomic E-state index is -0.245. The Hall–Kier alpha value is -2.93. The van der Waals surface area contributed by atoms with Crippen LogP contribution in [-0.4, -0.2) is 61.0 Å². The van der Waals surface area contributed by atoms with Gasteiger partial charge in [0, 0.05) is 63.9 Å². The predicted octanol–water partition coefficient (Wildman–Crippen LogP) is 3.23. The number of piperazine rings is 1. The zero-order valence-corrected chi connectivity index (χ0v) is 18.8. The van der Waals surface area contributed by atoms with Crippen molar-refractivity contribution < 1.29 is 4.79 Å². The van der Waals surface area contributed by atoms with Crippen molar-refractivity contribution in [3.63, 3.8) is 0 Å². The van der Waals surface area contributed by atoms with Crippen molar-refractivity contribution in [3.8, 4) is 0 Å². The Morgan fingerprint density at radius 1 is 0.903 bits per heavy atom. The lowest BCUT2D eigenvalue weighted by molar-refractivity contribution is -0.136. The van der Waals surface area contributed by atoms with E-state index in [9.17, 15) is 4.79 Å². The van der Waals surface area contributed by atoms with E-state index in [2.05, 4.69) is 57.5 Å². The summed E-state index contributed by atoms with van der Waals surface area (Å²) >= 11 is 0. The van der Waals surface area contributed by atoms with Crippen LogP contribution in [-0.2, 0) is 11.8 Å². The monoisotopic (exact) mass is 420 g/mol. The van der Waals surface area contributed by atoms with Crippen LogP contribution in [0.3, 0.4) is 0 Å². The molecule has 0 unspecified atom stereocenters. The van der Waals surface area contributed by atoms with Gasteiger partial charge in [0.15, 0.2) is 0 Å². The number of amides is 1. The number of aryl methyl sites for hydroxylation is 1. The highest BCUT2D eigenvalue weighted by molar-refractivity contribution is 5.80. The summed E-state index contributed by atoms with van der Waals surface area (Å²) in [4.78, 5) is 26.8. The number of aromatic nitrogens is 4. The van der Waals surface area contributed by atoms with Gasteiger partial charge in [-0.25, -0.2) is 9.97 Å². The lowest BCUT2D eigenvalue weighted by atomic mass is 10.0. The quantitative estimate of drug-likeness (QED) is 0.614. The largest absolute Gasteiger partial charge is 0.338 e. The highest BCUT2D eigenvalue weighted by Crippen LogP contribution is 2.29. The fourth-order valence-corrected chi connectivity index (χ4v) is 4.48. The average molecular weight is 421 g/mol. The summed E-state index contributed by atoms with van der Waals surface area (Å²) in [6.07, 6.45) is 7.54. The van der Waals surface area contributed by atoms with Crippen LogP contribution in [0.4, 0.5) is 0 Å². The first-order valence-electron chi connectivity index (χ1n) is 11.0. The molecule has 1 aliphatic rings. The van der Waals surface area contributed by atoms with Gasteiger partial charge in [-0.2, -0.15) is 0 Å². The smallest absolute Gasteiger partial charge is 0.245 e. The van der Waals surface area contributed by atoms with Crippen LogP contribution >= 0.6 is 0 Å². The molecule has 31 heavy (non-hydrogen) atoms. The van der Waals surface area contributed by atoms with Crippen LogP contribution in [0.25, 0.3) is 0 Å². The van der Waals surface area contributed by atoms with E-state index in [-0.39, 0.29) is 23.9 Å². The van der Waals surface area contributed by atoms with Crippen molar-refractivity contribution in [1.29, 1.82) is 0 Å². The fourth-order valence-electron chi connectivity index (χ4n) is 4.48. The fraction of sp³-hybridized carbons (Fsp3) is 0.458. The summed E-state index contributed by atoms with van der Waals surface area (Å²) in [5, 5.41) is 0. The molecule has 1 saturated heterocycles. The van der Waals surface area contributed by atoms with Crippen LogP contribution in [0.1, 0.15) is 56.0 Å². The van der Waals surface area contributed by atoms with Gasteiger partial charge >= 0.3 is 0 Å². The van der Waals surface area contributed by atoms with E-state index in [1.165, 1.54) is 5.56 Å². The Balaban J connectivity index is 1.48. The second-order valence-corrected chi connectivity index (χ2v) is 8.59. The third-order valence-corrected chi connectivity index (χ3v) is 6.20. The molecule has 164 valence electrons. The number of benzene rings is 1. The molecule has 0 bridgehead atoms. The van der Waals surface area contributed by atoms with E-state index < -0.39 is 0 Å². The summed E-state index contributed by atoms with van der Waals surface area (Å²) in [5.41, 5.74) is 1.23. The second-order valence-electron chi connectivity index (χ2n) is 8.59. The molecule has 0 saturated carbocycles. The van der Waals surface area contributed by atoms with Crippen LogP contribution in [0.15, 0.2) is 55.1 Å². The Kier molecular flexibility index (Phi) is 6.23. The molecule has 0 aliphatic carbocycles. The number of imidazole rings is 2. The van der Waals surface area contributed by atoms with E-state index >= 15 is 0 Å². The molecular weight excluding hydrogens is 388 g/mol. The summed E-state index contributed by atoms with van der Waals surface area (Å²) in [7, 11) is 2.04. The van der Waals surface area contributed by atoms with Gasteiger partial charge in [0.05, 0.1) is 6.04 Å². The van der Waals surface area contributed by atoms with Gasteiger partial charge in [0.2, 0.25) is 5.91 Å². The van der Waals surface area contributed by atoms with E-state index in [0.29, 0.717) is 13.1 Å². The number of hydrogen-bond acceptors (Lipinski definition) is 4. The van der Waals surface area contributed by atoms with E-state index in [4.69, 9.17) is 0 Å². The molecule has 1 fully saturated rings. The number of carbonyl (C=O) groups excluding carboxylic acids is 1. The number of rotatable bonds is 6. The first kappa shape index (κ1) is 21.3. The first-order chi connectivity index (χ1) is 15.0. The zero-order valence-electron chi connectivity index (χ0n) is 18.8. The molecule has 1 aromatic carbocycles. The maximum atomic E-state index is 13.2. The van der Waals surface area contributed by atoms with Gasteiger partial charge in [-0.3, -0.25) is 9.69 Å². The molecule has 7 nitrogen and oxygen atoms in total. The van der Waals surface area contributed by atoms with Gasteiger partial charge in [0.25, 0.3) is 0 Å². The molecule has 3 heterocycles. The Morgan fingerprint density at radius 3 is 2.16 bits per heavy atom. The van der Waals surface area contributed by atoms with Gasteiger partial charge in [0.1, 0.15) is 17.7 Å². The molecule has 7 heteroatoms. The number of nitrogens with zero attached hydrogens (tertiary/aromatic N) is 6. The summed E-state index contributed by atoms with van der Waals surface area (Å²) in [5.74, 6) is 2.43. The molecule has 0 N–H and O–H groups in total. The van der Waals surface area contributed by atoms with Gasteiger partial charge in [-0.05, 0) is 12.5 Å². The first-order valence-corrected chi connectivity index (χ1v) is 11.0. The molecule has 3 aromatic rings. The van der Waals surface area contributed by atoms with Crippen LogP contribution in [0.5, 0.6) is 0 Å². The van der Waals surface area contributed by atoms with Crippen molar-refractivity contribution in [2.75, 3.05) is 26.2 Å². The maximum absolute atomic E-state index is 13.2. The van der Waals surface area contributed by atoms with E-state index in [1.807, 2.05) is 48.1 Å². The highest BCUT2D eigenvalue weighted by atomic mass is 16.2. The van der Waals surface area contributed by atoms with Crippen LogP contribution in [0, 0.1) is 0 Å². The number of carbonyl (C=O) groups is 1.